The zero-order valence-corrected chi connectivity index (χ0v) is 17.9. The van der Waals surface area contributed by atoms with Gasteiger partial charge >= 0.3 is 0 Å². The van der Waals surface area contributed by atoms with E-state index in [1.807, 2.05) is 17.0 Å². The number of fused-ring (bicyclic) bond motifs is 1. The van der Waals surface area contributed by atoms with Gasteiger partial charge in [0.25, 0.3) is 0 Å². The number of aryl methyl sites for hydroxylation is 3. The van der Waals surface area contributed by atoms with Crippen LogP contribution in [0.25, 0.3) is 11.0 Å². The molecule has 1 aliphatic heterocycles. The van der Waals surface area contributed by atoms with Crippen LogP contribution in [0.3, 0.4) is 0 Å². The number of benzene rings is 3. The Hall–Kier alpha value is -3.40. The van der Waals surface area contributed by atoms with Crippen molar-refractivity contribution in [2.24, 2.45) is 0 Å². The average Bonchev–Trinajstić information content (AvgIpc) is 3.39. The van der Waals surface area contributed by atoms with E-state index in [0.29, 0.717) is 13.0 Å². The van der Waals surface area contributed by atoms with Gasteiger partial charge in [-0.1, -0.05) is 61.5 Å². The van der Waals surface area contributed by atoms with Crippen LogP contribution in [0.5, 0.6) is 0 Å². The number of amides is 1. The molecule has 1 aliphatic rings. The van der Waals surface area contributed by atoms with Crippen LogP contribution in [-0.2, 0) is 24.2 Å². The smallest absolute Gasteiger partial charge is 0.227 e. The second-order valence-electron chi connectivity index (χ2n) is 8.27. The normalized spacial score (nSPS) is 16.4. The Morgan fingerprint density at radius 2 is 1.65 bits per heavy atom. The number of imidazole rings is 1. The number of hydrogen-bond acceptors (Lipinski definition) is 2. The number of nitrogens with zero attached hydrogens (tertiary/aromatic N) is 3. The molecule has 0 unspecified atom stereocenters. The lowest BCUT2D eigenvalue weighted by atomic mass is 10.1. The molecule has 1 fully saturated rings. The van der Waals surface area contributed by atoms with E-state index in [-0.39, 0.29) is 11.8 Å². The molecular weight excluding hydrogens is 382 g/mol. The van der Waals surface area contributed by atoms with E-state index in [0.717, 1.165) is 41.9 Å². The summed E-state index contributed by atoms with van der Waals surface area (Å²) in [5.41, 5.74) is 5.73. The monoisotopic (exact) mass is 409 g/mol. The van der Waals surface area contributed by atoms with Crippen LogP contribution in [0.4, 0.5) is 5.69 Å². The molecule has 0 spiro atoms. The second-order valence-corrected chi connectivity index (χ2v) is 8.27. The summed E-state index contributed by atoms with van der Waals surface area (Å²) in [7, 11) is 0. The molecule has 4 nitrogen and oxygen atoms in total. The predicted molar refractivity (Wildman–Crippen MR) is 125 cm³/mol. The van der Waals surface area contributed by atoms with Gasteiger partial charge in [-0.15, -0.1) is 0 Å². The molecule has 0 saturated carbocycles. The molecule has 1 aromatic heterocycles. The van der Waals surface area contributed by atoms with Crippen LogP contribution in [0, 0.1) is 0 Å². The van der Waals surface area contributed by atoms with Gasteiger partial charge in [-0.05, 0) is 48.2 Å². The summed E-state index contributed by atoms with van der Waals surface area (Å²) in [5.74, 6) is 1.30. The molecule has 4 heteroatoms. The first kappa shape index (κ1) is 19.6. The van der Waals surface area contributed by atoms with E-state index in [9.17, 15) is 4.79 Å². The fraction of sp³-hybridized carbons (Fsp3) is 0.259. The van der Waals surface area contributed by atoms with Crippen molar-refractivity contribution in [1.29, 1.82) is 0 Å². The molecule has 0 radical (unpaired) electrons. The SMILES string of the molecule is CCc1ccc(N2C[C@H](c3nc4ccccc4n3CCc3ccccc3)CC2=O)cc1. The first-order valence-corrected chi connectivity index (χ1v) is 11.1. The van der Waals surface area contributed by atoms with E-state index in [4.69, 9.17) is 4.98 Å². The Bertz CT molecular complexity index is 1190. The number of rotatable bonds is 6. The number of hydrogen-bond donors (Lipinski definition) is 0. The molecule has 31 heavy (non-hydrogen) atoms. The number of carbonyl (C=O) groups excluding carboxylic acids is 1. The van der Waals surface area contributed by atoms with Gasteiger partial charge in [0.2, 0.25) is 5.91 Å². The highest BCUT2D eigenvalue weighted by atomic mass is 16.2. The summed E-state index contributed by atoms with van der Waals surface area (Å²) in [6.07, 6.45) is 2.45. The molecule has 0 aliphatic carbocycles. The summed E-state index contributed by atoms with van der Waals surface area (Å²) in [5, 5.41) is 0. The van der Waals surface area contributed by atoms with Crippen LogP contribution >= 0.6 is 0 Å². The van der Waals surface area contributed by atoms with E-state index in [1.54, 1.807) is 0 Å². The van der Waals surface area contributed by atoms with Gasteiger partial charge in [-0.3, -0.25) is 4.79 Å². The van der Waals surface area contributed by atoms with Crippen LogP contribution in [0.1, 0.15) is 36.2 Å². The van der Waals surface area contributed by atoms with Gasteiger partial charge < -0.3 is 9.47 Å². The average molecular weight is 410 g/mol. The largest absolute Gasteiger partial charge is 0.327 e. The van der Waals surface area contributed by atoms with Gasteiger partial charge in [0.05, 0.1) is 11.0 Å². The number of carbonyl (C=O) groups is 1. The molecular formula is C27H27N3O. The zero-order valence-electron chi connectivity index (χ0n) is 17.9. The van der Waals surface area contributed by atoms with E-state index < -0.39 is 0 Å². The predicted octanol–water partition coefficient (Wildman–Crippen LogP) is 5.36. The van der Waals surface area contributed by atoms with Crippen molar-refractivity contribution in [3.63, 3.8) is 0 Å². The van der Waals surface area contributed by atoms with E-state index in [2.05, 4.69) is 78.2 Å². The molecule has 4 aromatic rings. The standard InChI is InChI=1S/C27H27N3O/c1-2-20-12-14-23(15-13-20)30-19-22(18-26(30)31)27-28-24-10-6-7-11-25(24)29(27)17-16-21-8-4-3-5-9-21/h3-15,22H,2,16-19H2,1H3/t22-/m1/s1. The summed E-state index contributed by atoms with van der Waals surface area (Å²) in [6.45, 7) is 3.68. The first-order chi connectivity index (χ1) is 15.2. The summed E-state index contributed by atoms with van der Waals surface area (Å²) in [4.78, 5) is 19.8. The van der Waals surface area contributed by atoms with Crippen molar-refractivity contribution in [2.45, 2.75) is 38.6 Å². The molecule has 1 saturated heterocycles. The van der Waals surface area contributed by atoms with Crippen LogP contribution in [0.15, 0.2) is 78.9 Å². The highest BCUT2D eigenvalue weighted by Gasteiger charge is 2.34. The lowest BCUT2D eigenvalue weighted by Crippen LogP contribution is -2.24. The molecule has 0 bridgehead atoms. The van der Waals surface area contributed by atoms with Crippen LogP contribution in [0.2, 0.25) is 0 Å². The third-order valence-corrected chi connectivity index (χ3v) is 6.30. The molecule has 1 amide bonds. The van der Waals surface area contributed by atoms with Gasteiger partial charge in [-0.2, -0.15) is 0 Å². The summed E-state index contributed by atoms with van der Waals surface area (Å²) >= 11 is 0. The Kier molecular flexibility index (Phi) is 5.29. The van der Waals surface area contributed by atoms with Crippen molar-refractivity contribution >= 4 is 22.6 Å². The van der Waals surface area contributed by atoms with Crippen molar-refractivity contribution in [3.8, 4) is 0 Å². The Morgan fingerprint density at radius 1 is 0.903 bits per heavy atom. The third-order valence-electron chi connectivity index (χ3n) is 6.30. The first-order valence-electron chi connectivity index (χ1n) is 11.1. The van der Waals surface area contributed by atoms with Gasteiger partial charge in [0.1, 0.15) is 5.82 Å². The highest BCUT2D eigenvalue weighted by Crippen LogP contribution is 2.33. The van der Waals surface area contributed by atoms with Gasteiger partial charge in [0, 0.05) is 31.1 Å². The summed E-state index contributed by atoms with van der Waals surface area (Å²) in [6, 6.07) is 27.2. The van der Waals surface area contributed by atoms with Gasteiger partial charge in [-0.25, -0.2) is 4.98 Å². The number of aromatic nitrogens is 2. The minimum Gasteiger partial charge on any atom is -0.327 e. The fourth-order valence-corrected chi connectivity index (χ4v) is 4.57. The zero-order chi connectivity index (χ0) is 21.2. The third kappa shape index (κ3) is 3.86. The van der Waals surface area contributed by atoms with Crippen molar-refractivity contribution < 1.29 is 4.79 Å². The van der Waals surface area contributed by atoms with E-state index in [1.165, 1.54) is 11.1 Å². The Labute approximate surface area is 183 Å². The molecule has 0 N–H and O–H groups in total. The number of anilines is 1. The lowest BCUT2D eigenvalue weighted by molar-refractivity contribution is -0.117. The van der Waals surface area contributed by atoms with Crippen molar-refractivity contribution in [2.75, 3.05) is 11.4 Å². The summed E-state index contributed by atoms with van der Waals surface area (Å²) < 4.78 is 2.32. The van der Waals surface area contributed by atoms with Gasteiger partial charge in [0.15, 0.2) is 0 Å². The lowest BCUT2D eigenvalue weighted by Gasteiger charge is -2.18. The minimum absolute atomic E-state index is 0.0986. The Morgan fingerprint density at radius 3 is 2.42 bits per heavy atom. The topological polar surface area (TPSA) is 38.1 Å². The maximum atomic E-state index is 12.9. The van der Waals surface area contributed by atoms with Crippen molar-refractivity contribution in [3.05, 3.63) is 95.8 Å². The second kappa shape index (κ2) is 8.38. The molecule has 5 rings (SSSR count). The van der Waals surface area contributed by atoms with Crippen molar-refractivity contribution in [1.82, 2.24) is 9.55 Å². The number of para-hydroxylation sites is 2. The maximum Gasteiger partial charge on any atom is 0.227 e. The molecule has 156 valence electrons. The molecule has 2 heterocycles. The fourth-order valence-electron chi connectivity index (χ4n) is 4.57. The minimum atomic E-state index is 0.0986. The Balaban J connectivity index is 1.44. The molecule has 3 aromatic carbocycles. The van der Waals surface area contributed by atoms with Crippen LogP contribution < -0.4 is 4.90 Å². The molecule has 1 atom stereocenters. The quantitative estimate of drug-likeness (QED) is 0.430. The maximum absolute atomic E-state index is 12.9. The van der Waals surface area contributed by atoms with Crippen LogP contribution in [-0.4, -0.2) is 22.0 Å². The van der Waals surface area contributed by atoms with E-state index >= 15 is 0 Å². The highest BCUT2D eigenvalue weighted by molar-refractivity contribution is 5.96.